The van der Waals surface area contributed by atoms with Crippen LogP contribution in [0.15, 0.2) is 12.1 Å². The molecular weight excluding hydrogens is 270 g/mol. The normalized spacial score (nSPS) is 23.3. The van der Waals surface area contributed by atoms with Crippen LogP contribution in [-0.4, -0.2) is 22.3 Å². The fraction of sp³-hybridized carbons (Fsp3) is 0.462. The number of halogens is 2. The van der Waals surface area contributed by atoms with Gasteiger partial charge in [-0.3, -0.25) is 0 Å². The van der Waals surface area contributed by atoms with Gasteiger partial charge in [-0.05, 0) is 31.6 Å². The predicted molar refractivity (Wildman–Crippen MR) is 70.6 cm³/mol. The Hall–Kier alpha value is -1.27. The number of hydrogen-bond donors (Lipinski definition) is 1. The van der Waals surface area contributed by atoms with Gasteiger partial charge in [-0.1, -0.05) is 0 Å². The highest BCUT2D eigenvalue weighted by atomic mass is 32.1. The number of nitrogens with one attached hydrogen (secondary N) is 1. The van der Waals surface area contributed by atoms with Crippen LogP contribution in [0.3, 0.4) is 0 Å². The highest BCUT2D eigenvalue weighted by Gasteiger charge is 2.25. The van der Waals surface area contributed by atoms with Gasteiger partial charge in [0.2, 0.25) is 0 Å². The number of nitrogens with zero attached hydrogens (tertiary/aromatic N) is 1. The molecule has 2 aromatic rings. The average molecular weight is 284 g/mol. The second kappa shape index (κ2) is 4.68. The molecule has 1 aliphatic heterocycles. The van der Waals surface area contributed by atoms with Crippen molar-refractivity contribution in [3.05, 3.63) is 28.5 Å². The first-order valence-corrected chi connectivity index (χ1v) is 6.66. The van der Waals surface area contributed by atoms with E-state index >= 15 is 0 Å². The molecule has 0 spiro atoms. The summed E-state index contributed by atoms with van der Waals surface area (Å²) in [7, 11) is 0. The quantitative estimate of drug-likeness (QED) is 0.857. The molecule has 1 aliphatic rings. The topological polar surface area (TPSA) is 29.9 Å². The maximum Gasteiger partial charge on any atom is 0.178 e. The van der Waals surface area contributed by atoms with Gasteiger partial charge < -0.3 is 14.3 Å². The number of H-pyrrole nitrogens is 1. The van der Waals surface area contributed by atoms with Gasteiger partial charge in [-0.15, -0.1) is 0 Å². The maximum atomic E-state index is 13.7. The molecule has 102 valence electrons. The van der Waals surface area contributed by atoms with Crippen LogP contribution in [0.25, 0.3) is 11.0 Å². The van der Waals surface area contributed by atoms with Gasteiger partial charge in [0, 0.05) is 25.1 Å². The van der Waals surface area contributed by atoms with Crippen LogP contribution in [0.1, 0.15) is 13.3 Å². The zero-order chi connectivity index (χ0) is 13.6. The lowest BCUT2D eigenvalue weighted by molar-refractivity contribution is 0.102. The Morgan fingerprint density at radius 3 is 2.95 bits per heavy atom. The van der Waals surface area contributed by atoms with E-state index in [4.69, 9.17) is 17.0 Å². The molecule has 1 aromatic heterocycles. The van der Waals surface area contributed by atoms with Crippen LogP contribution in [0.5, 0.6) is 0 Å². The molecule has 2 heterocycles. The minimum atomic E-state index is -0.615. The molecule has 1 saturated heterocycles. The molecule has 1 fully saturated rings. The van der Waals surface area contributed by atoms with E-state index in [0.29, 0.717) is 22.8 Å². The Labute approximate surface area is 114 Å². The van der Waals surface area contributed by atoms with Crippen molar-refractivity contribution in [2.45, 2.75) is 26.0 Å². The Kier molecular flexibility index (Phi) is 3.14. The van der Waals surface area contributed by atoms with Crippen LogP contribution in [0.2, 0.25) is 0 Å². The van der Waals surface area contributed by atoms with Crippen LogP contribution in [-0.2, 0) is 11.3 Å². The van der Waals surface area contributed by atoms with Crippen molar-refractivity contribution in [1.29, 1.82) is 0 Å². The lowest BCUT2D eigenvalue weighted by atomic mass is 10.0. The molecule has 0 radical (unpaired) electrons. The van der Waals surface area contributed by atoms with E-state index in [-0.39, 0.29) is 11.6 Å². The van der Waals surface area contributed by atoms with Gasteiger partial charge in [0.15, 0.2) is 10.6 Å². The minimum absolute atomic E-state index is 0.144. The fourth-order valence-corrected chi connectivity index (χ4v) is 2.89. The van der Waals surface area contributed by atoms with Gasteiger partial charge in [-0.2, -0.15) is 0 Å². The van der Waals surface area contributed by atoms with Gasteiger partial charge in [0.25, 0.3) is 0 Å². The van der Waals surface area contributed by atoms with E-state index in [1.54, 1.807) is 4.57 Å². The first kappa shape index (κ1) is 12.7. The van der Waals surface area contributed by atoms with Crippen molar-refractivity contribution in [3.8, 4) is 0 Å². The summed E-state index contributed by atoms with van der Waals surface area (Å²) in [5, 5.41) is 0. The Morgan fingerprint density at radius 2 is 2.26 bits per heavy atom. The number of aromatic amines is 1. The summed E-state index contributed by atoms with van der Waals surface area (Å²) < 4.78 is 34.7. The molecule has 0 bridgehead atoms. The molecule has 1 aromatic carbocycles. The highest BCUT2D eigenvalue weighted by molar-refractivity contribution is 7.71. The van der Waals surface area contributed by atoms with E-state index in [0.717, 1.165) is 19.1 Å². The molecule has 3 rings (SSSR count). The standard InChI is InChI=1S/C13H14F2N2OS/c1-7-8(2-3-18-7)6-17-11-5-9(14)4-10(15)12(11)16-13(17)19/h4-5,7-8H,2-3,6H2,1H3,(H,16,19). The SMILES string of the molecule is CC1OCCC1Cn1c(=S)[nH]c2c(F)cc(F)cc21. The first-order valence-electron chi connectivity index (χ1n) is 6.25. The van der Waals surface area contributed by atoms with E-state index in [2.05, 4.69) is 4.98 Å². The third-order valence-electron chi connectivity index (χ3n) is 3.75. The molecule has 2 atom stereocenters. The monoisotopic (exact) mass is 284 g/mol. The van der Waals surface area contributed by atoms with E-state index < -0.39 is 11.6 Å². The summed E-state index contributed by atoms with van der Waals surface area (Å²) in [5.74, 6) is -0.893. The summed E-state index contributed by atoms with van der Waals surface area (Å²) in [6.45, 7) is 3.35. The molecule has 0 saturated carbocycles. The van der Waals surface area contributed by atoms with Crippen LogP contribution in [0, 0.1) is 22.3 Å². The molecule has 6 heteroatoms. The summed E-state index contributed by atoms with van der Waals surface area (Å²) >= 11 is 5.21. The molecular formula is C13H14F2N2OS. The lowest BCUT2D eigenvalue weighted by Gasteiger charge is -2.15. The van der Waals surface area contributed by atoms with Gasteiger partial charge in [-0.25, -0.2) is 8.78 Å². The van der Waals surface area contributed by atoms with Crippen LogP contribution < -0.4 is 0 Å². The molecule has 19 heavy (non-hydrogen) atoms. The fourth-order valence-electron chi connectivity index (χ4n) is 2.61. The van der Waals surface area contributed by atoms with Gasteiger partial charge in [0.1, 0.15) is 11.3 Å². The largest absolute Gasteiger partial charge is 0.378 e. The molecule has 0 aliphatic carbocycles. The lowest BCUT2D eigenvalue weighted by Crippen LogP contribution is -2.18. The van der Waals surface area contributed by atoms with Crippen molar-refractivity contribution in [3.63, 3.8) is 0 Å². The van der Waals surface area contributed by atoms with Gasteiger partial charge in [0.05, 0.1) is 11.6 Å². The van der Waals surface area contributed by atoms with Crippen molar-refractivity contribution < 1.29 is 13.5 Å². The summed E-state index contributed by atoms with van der Waals surface area (Å²) in [4.78, 5) is 2.81. The van der Waals surface area contributed by atoms with Crippen molar-refractivity contribution in [2.75, 3.05) is 6.61 Å². The summed E-state index contributed by atoms with van der Waals surface area (Å²) in [5.41, 5.74) is 0.736. The average Bonchev–Trinajstić information content (AvgIpc) is 2.87. The smallest absolute Gasteiger partial charge is 0.178 e. The Morgan fingerprint density at radius 1 is 1.47 bits per heavy atom. The number of hydrogen-bond acceptors (Lipinski definition) is 2. The zero-order valence-corrected chi connectivity index (χ0v) is 11.3. The van der Waals surface area contributed by atoms with Crippen LogP contribution in [0.4, 0.5) is 8.78 Å². The molecule has 2 unspecified atom stereocenters. The third-order valence-corrected chi connectivity index (χ3v) is 4.07. The van der Waals surface area contributed by atoms with E-state index in [1.807, 2.05) is 6.92 Å². The predicted octanol–water partition coefficient (Wildman–Crippen LogP) is 3.40. The second-order valence-electron chi connectivity index (χ2n) is 4.95. The maximum absolute atomic E-state index is 13.7. The second-order valence-corrected chi connectivity index (χ2v) is 5.33. The molecule has 3 nitrogen and oxygen atoms in total. The number of aromatic nitrogens is 2. The van der Waals surface area contributed by atoms with Crippen molar-refractivity contribution in [1.82, 2.24) is 9.55 Å². The minimum Gasteiger partial charge on any atom is -0.378 e. The summed E-state index contributed by atoms with van der Waals surface area (Å²) in [6.07, 6.45) is 1.08. The third kappa shape index (κ3) is 2.19. The molecule has 0 amide bonds. The van der Waals surface area contributed by atoms with Crippen molar-refractivity contribution in [2.24, 2.45) is 5.92 Å². The first-order chi connectivity index (χ1) is 9.06. The summed E-state index contributed by atoms with van der Waals surface area (Å²) in [6, 6.07) is 2.17. The van der Waals surface area contributed by atoms with Crippen molar-refractivity contribution >= 4 is 23.3 Å². The van der Waals surface area contributed by atoms with Gasteiger partial charge >= 0.3 is 0 Å². The number of imidazole rings is 1. The number of fused-ring (bicyclic) bond motifs is 1. The number of ether oxygens (including phenoxy) is 1. The Balaban J connectivity index is 2.07. The molecule has 1 N–H and O–H groups in total. The van der Waals surface area contributed by atoms with Crippen LogP contribution >= 0.6 is 12.2 Å². The zero-order valence-electron chi connectivity index (χ0n) is 10.5. The number of rotatable bonds is 2. The van der Waals surface area contributed by atoms with E-state index in [9.17, 15) is 8.78 Å². The Bertz CT molecular complexity index is 679. The number of benzene rings is 1. The highest BCUT2D eigenvalue weighted by Crippen LogP contribution is 2.26. The van der Waals surface area contributed by atoms with E-state index in [1.165, 1.54) is 6.07 Å².